The summed E-state index contributed by atoms with van der Waals surface area (Å²) in [7, 11) is 0. The van der Waals surface area contributed by atoms with Gasteiger partial charge in [0, 0.05) is 0 Å². The highest BCUT2D eigenvalue weighted by molar-refractivity contribution is 8.03. The number of thioether (sulfide) groups is 1. The second-order valence-corrected chi connectivity index (χ2v) is 7.75. The highest BCUT2D eigenvalue weighted by Crippen LogP contribution is 2.38. The fourth-order valence-electron chi connectivity index (χ4n) is 3.12. The van der Waals surface area contributed by atoms with Gasteiger partial charge in [-0.25, -0.2) is 4.39 Å². The molecule has 0 radical (unpaired) electrons. The third-order valence-corrected chi connectivity index (χ3v) is 5.75. The van der Waals surface area contributed by atoms with Gasteiger partial charge in [0.25, 0.3) is 11.8 Å². The first-order valence-corrected chi connectivity index (χ1v) is 10.1. The van der Waals surface area contributed by atoms with Crippen LogP contribution in [0.3, 0.4) is 0 Å². The van der Waals surface area contributed by atoms with E-state index in [-0.39, 0.29) is 18.4 Å². The van der Waals surface area contributed by atoms with Crippen molar-refractivity contribution in [1.29, 1.82) is 0 Å². The largest absolute Gasteiger partial charge is 0.468 e. The number of hydrogen-bond donors (Lipinski definition) is 0. The van der Waals surface area contributed by atoms with Gasteiger partial charge in [-0.1, -0.05) is 42.0 Å². The van der Waals surface area contributed by atoms with Gasteiger partial charge in [-0.05, 0) is 42.3 Å². The summed E-state index contributed by atoms with van der Waals surface area (Å²) in [6.07, 6.45) is 1.57. The average Bonchev–Trinajstić information content (AvgIpc) is 3.31. The number of carbonyl (C=O) groups excluding carboxylic acids is 2. The van der Waals surface area contributed by atoms with Crippen LogP contribution in [-0.4, -0.2) is 16.7 Å². The normalized spacial score (nSPS) is 14.2. The number of halogens is 1. The summed E-state index contributed by atoms with van der Waals surface area (Å²) in [6.45, 7) is 2.17. The maximum atomic E-state index is 13.4. The summed E-state index contributed by atoms with van der Waals surface area (Å²) in [4.78, 5) is 27.9. The molecule has 6 heteroatoms. The molecule has 0 bridgehead atoms. The van der Waals surface area contributed by atoms with Gasteiger partial charge in [0.1, 0.15) is 11.6 Å². The number of hydrogen-bond acceptors (Lipinski definition) is 4. The van der Waals surface area contributed by atoms with E-state index >= 15 is 0 Å². The molecule has 1 aromatic heterocycles. The molecule has 4 nitrogen and oxygen atoms in total. The standard InChI is InChI=1S/C23H18FNO3S/c1-15-4-6-16(7-5-15)13-25-22(26)20(17-8-10-18(24)11-9-17)21(23(25)27)29-14-19-3-2-12-28-19/h2-12H,13-14H2,1H3. The Kier molecular flexibility index (Phi) is 5.36. The second-order valence-electron chi connectivity index (χ2n) is 6.76. The molecular formula is C23H18FNO3S. The van der Waals surface area contributed by atoms with Gasteiger partial charge in [-0.15, -0.1) is 11.8 Å². The lowest BCUT2D eigenvalue weighted by Gasteiger charge is -2.15. The molecule has 1 aliphatic rings. The van der Waals surface area contributed by atoms with Crippen LogP contribution in [0.2, 0.25) is 0 Å². The first-order chi connectivity index (χ1) is 14.0. The zero-order valence-corrected chi connectivity index (χ0v) is 16.5. The molecule has 2 heterocycles. The minimum Gasteiger partial charge on any atom is -0.468 e. The van der Waals surface area contributed by atoms with Gasteiger partial charge in [0.2, 0.25) is 0 Å². The highest BCUT2D eigenvalue weighted by atomic mass is 32.2. The molecular weight excluding hydrogens is 389 g/mol. The molecule has 0 aliphatic carbocycles. The summed E-state index contributed by atoms with van der Waals surface area (Å²) in [5.74, 6) is 0.0194. The van der Waals surface area contributed by atoms with Crippen LogP contribution in [0.5, 0.6) is 0 Å². The summed E-state index contributed by atoms with van der Waals surface area (Å²) < 4.78 is 18.7. The van der Waals surface area contributed by atoms with Gasteiger partial charge < -0.3 is 4.42 Å². The van der Waals surface area contributed by atoms with E-state index in [4.69, 9.17) is 4.42 Å². The Morgan fingerprint density at radius 1 is 0.966 bits per heavy atom. The zero-order valence-electron chi connectivity index (χ0n) is 15.7. The Bertz CT molecular complexity index is 1070. The second kappa shape index (κ2) is 8.09. The van der Waals surface area contributed by atoms with E-state index in [0.717, 1.165) is 11.1 Å². The van der Waals surface area contributed by atoms with Crippen molar-refractivity contribution in [3.8, 4) is 0 Å². The van der Waals surface area contributed by atoms with Gasteiger partial charge in [-0.2, -0.15) is 0 Å². The van der Waals surface area contributed by atoms with Crippen molar-refractivity contribution in [2.24, 2.45) is 0 Å². The van der Waals surface area contributed by atoms with E-state index < -0.39 is 5.82 Å². The van der Waals surface area contributed by atoms with E-state index in [1.54, 1.807) is 12.3 Å². The minimum atomic E-state index is -0.396. The van der Waals surface area contributed by atoms with E-state index in [1.165, 1.54) is 40.9 Å². The molecule has 0 N–H and O–H groups in total. The Labute approximate surface area is 172 Å². The Hall–Kier alpha value is -3.12. The smallest absolute Gasteiger partial charge is 0.268 e. The topological polar surface area (TPSA) is 50.5 Å². The molecule has 3 aromatic rings. The summed E-state index contributed by atoms with van der Waals surface area (Å²) in [6, 6.07) is 16.9. The summed E-state index contributed by atoms with van der Waals surface area (Å²) in [5, 5.41) is 0. The van der Waals surface area contributed by atoms with Crippen molar-refractivity contribution < 1.29 is 18.4 Å². The number of benzene rings is 2. The number of imide groups is 1. The fourth-order valence-corrected chi connectivity index (χ4v) is 4.15. The van der Waals surface area contributed by atoms with E-state index in [0.29, 0.717) is 27.6 Å². The van der Waals surface area contributed by atoms with Crippen molar-refractivity contribution in [2.45, 2.75) is 19.2 Å². The van der Waals surface area contributed by atoms with E-state index in [2.05, 4.69) is 0 Å². The van der Waals surface area contributed by atoms with Crippen molar-refractivity contribution in [2.75, 3.05) is 0 Å². The molecule has 0 spiro atoms. The number of aryl methyl sites for hydroxylation is 1. The molecule has 0 fully saturated rings. The Balaban J connectivity index is 1.66. The summed E-state index contributed by atoms with van der Waals surface area (Å²) in [5.41, 5.74) is 2.80. The van der Waals surface area contributed by atoms with Gasteiger partial charge in [0.05, 0.1) is 29.0 Å². The SMILES string of the molecule is Cc1ccc(CN2C(=O)C(SCc3ccco3)=C(c3ccc(F)cc3)C2=O)cc1. The number of carbonyl (C=O) groups is 2. The molecule has 4 rings (SSSR count). The maximum absolute atomic E-state index is 13.4. The minimum absolute atomic E-state index is 0.188. The van der Waals surface area contributed by atoms with Gasteiger partial charge >= 0.3 is 0 Å². The van der Waals surface area contributed by atoms with Crippen LogP contribution in [0.4, 0.5) is 4.39 Å². The van der Waals surface area contributed by atoms with Crippen LogP contribution in [-0.2, 0) is 21.9 Å². The van der Waals surface area contributed by atoms with Crippen molar-refractivity contribution in [3.63, 3.8) is 0 Å². The van der Waals surface area contributed by atoms with Crippen molar-refractivity contribution >= 4 is 29.1 Å². The molecule has 29 heavy (non-hydrogen) atoms. The van der Waals surface area contributed by atoms with Crippen LogP contribution in [0.1, 0.15) is 22.5 Å². The lowest BCUT2D eigenvalue weighted by molar-refractivity contribution is -0.137. The first-order valence-electron chi connectivity index (χ1n) is 9.10. The van der Waals surface area contributed by atoms with Crippen LogP contribution >= 0.6 is 11.8 Å². The number of nitrogens with zero attached hydrogens (tertiary/aromatic N) is 1. The Morgan fingerprint density at radius 3 is 2.34 bits per heavy atom. The number of rotatable bonds is 6. The number of furan rings is 1. The fraction of sp³-hybridized carbons (Fsp3) is 0.130. The van der Waals surface area contributed by atoms with Crippen molar-refractivity contribution in [3.05, 3.63) is 100 Å². The molecule has 146 valence electrons. The monoisotopic (exact) mass is 407 g/mol. The predicted octanol–water partition coefficient (Wildman–Crippen LogP) is 4.94. The van der Waals surface area contributed by atoms with Crippen LogP contribution < -0.4 is 0 Å². The molecule has 2 aromatic carbocycles. The molecule has 0 saturated heterocycles. The van der Waals surface area contributed by atoms with Crippen molar-refractivity contribution in [1.82, 2.24) is 4.90 Å². The quantitative estimate of drug-likeness (QED) is 0.543. The third-order valence-electron chi connectivity index (χ3n) is 4.66. The lowest BCUT2D eigenvalue weighted by Crippen LogP contribution is -2.30. The number of amides is 2. The average molecular weight is 407 g/mol. The molecule has 2 amide bonds. The van der Waals surface area contributed by atoms with E-state index in [9.17, 15) is 14.0 Å². The van der Waals surface area contributed by atoms with Gasteiger partial charge in [-0.3, -0.25) is 14.5 Å². The molecule has 1 aliphatic heterocycles. The maximum Gasteiger partial charge on any atom is 0.268 e. The van der Waals surface area contributed by atoms with Crippen LogP contribution in [0.25, 0.3) is 5.57 Å². The third kappa shape index (κ3) is 4.03. The summed E-state index contributed by atoms with van der Waals surface area (Å²) >= 11 is 1.26. The van der Waals surface area contributed by atoms with Gasteiger partial charge in [0.15, 0.2) is 0 Å². The predicted molar refractivity (Wildman–Crippen MR) is 110 cm³/mol. The highest BCUT2D eigenvalue weighted by Gasteiger charge is 2.39. The Morgan fingerprint density at radius 2 is 1.69 bits per heavy atom. The first kappa shape index (κ1) is 19.2. The molecule has 0 unspecified atom stereocenters. The molecule has 0 atom stereocenters. The zero-order chi connectivity index (χ0) is 20.4. The molecule has 0 saturated carbocycles. The van der Waals surface area contributed by atoms with Crippen LogP contribution in [0, 0.1) is 12.7 Å². The van der Waals surface area contributed by atoms with E-state index in [1.807, 2.05) is 37.3 Å². The van der Waals surface area contributed by atoms with Crippen LogP contribution in [0.15, 0.2) is 76.2 Å². The lowest BCUT2D eigenvalue weighted by atomic mass is 10.1.